The molecule has 0 saturated carbocycles. The molecule has 5 nitrogen and oxygen atoms in total. The van der Waals surface area contributed by atoms with Crippen LogP contribution in [0.15, 0.2) is 18.3 Å². The summed E-state index contributed by atoms with van der Waals surface area (Å²) in [6.07, 6.45) is 4.75. The summed E-state index contributed by atoms with van der Waals surface area (Å²) < 4.78 is 5.31. The van der Waals surface area contributed by atoms with Crippen molar-refractivity contribution < 1.29 is 9.53 Å². The van der Waals surface area contributed by atoms with Crippen molar-refractivity contribution in [3.8, 4) is 0 Å². The topological polar surface area (TPSA) is 54.5 Å². The summed E-state index contributed by atoms with van der Waals surface area (Å²) in [5, 5.41) is 2.79. The number of nitrogens with one attached hydrogen (secondary N) is 1. The Morgan fingerprint density at radius 1 is 1.43 bits per heavy atom. The van der Waals surface area contributed by atoms with Gasteiger partial charge in [0.05, 0.1) is 0 Å². The number of aromatic nitrogens is 1. The number of likely N-dealkylation sites (tertiary alicyclic amines) is 1. The Hall–Kier alpha value is -1.62. The average molecular weight is 291 g/mol. The van der Waals surface area contributed by atoms with Gasteiger partial charge in [0.15, 0.2) is 0 Å². The molecular formula is C16H25N3O2. The van der Waals surface area contributed by atoms with Crippen molar-refractivity contribution in [2.24, 2.45) is 0 Å². The smallest absolute Gasteiger partial charge is 0.413 e. The molecule has 0 aliphatic carbocycles. The predicted molar refractivity (Wildman–Crippen MR) is 83.3 cm³/mol. The van der Waals surface area contributed by atoms with E-state index in [0.717, 1.165) is 18.5 Å². The van der Waals surface area contributed by atoms with E-state index in [2.05, 4.69) is 22.2 Å². The maximum atomic E-state index is 12.0. The third-order valence-corrected chi connectivity index (χ3v) is 3.59. The molecule has 1 saturated heterocycles. The SMILES string of the molecule is CN1CCCC[C@H]1c1cccnc1NC(=O)OC(C)(C)C. The van der Waals surface area contributed by atoms with Gasteiger partial charge in [-0.1, -0.05) is 12.5 Å². The van der Waals surface area contributed by atoms with Crippen LogP contribution in [0.3, 0.4) is 0 Å². The summed E-state index contributed by atoms with van der Waals surface area (Å²) in [6.45, 7) is 6.62. The second kappa shape index (κ2) is 6.43. The van der Waals surface area contributed by atoms with Crippen LogP contribution in [0.2, 0.25) is 0 Å². The number of pyridine rings is 1. The Morgan fingerprint density at radius 3 is 2.86 bits per heavy atom. The van der Waals surface area contributed by atoms with Crippen LogP contribution in [-0.4, -0.2) is 35.2 Å². The van der Waals surface area contributed by atoms with Gasteiger partial charge in [-0.2, -0.15) is 0 Å². The van der Waals surface area contributed by atoms with Crippen molar-refractivity contribution in [3.05, 3.63) is 23.9 Å². The maximum absolute atomic E-state index is 12.0. The fourth-order valence-electron chi connectivity index (χ4n) is 2.66. The van der Waals surface area contributed by atoms with Crippen LogP contribution in [-0.2, 0) is 4.74 Å². The van der Waals surface area contributed by atoms with Gasteiger partial charge in [0.2, 0.25) is 0 Å². The van der Waals surface area contributed by atoms with Gasteiger partial charge in [-0.3, -0.25) is 10.2 Å². The number of hydrogen-bond donors (Lipinski definition) is 1. The van der Waals surface area contributed by atoms with Crippen LogP contribution in [0.25, 0.3) is 0 Å². The van der Waals surface area contributed by atoms with Crippen molar-refractivity contribution in [3.63, 3.8) is 0 Å². The molecule has 1 aromatic rings. The molecule has 116 valence electrons. The number of anilines is 1. The Kier molecular flexibility index (Phi) is 4.83. The number of carbonyl (C=O) groups is 1. The van der Waals surface area contributed by atoms with Crippen LogP contribution in [0.4, 0.5) is 10.6 Å². The van der Waals surface area contributed by atoms with Gasteiger partial charge in [-0.05, 0) is 53.3 Å². The molecule has 0 bridgehead atoms. The van der Waals surface area contributed by atoms with Crippen LogP contribution in [0.1, 0.15) is 51.6 Å². The normalized spacial score (nSPS) is 20.1. The van der Waals surface area contributed by atoms with Crippen LogP contribution >= 0.6 is 0 Å². The number of rotatable bonds is 2. The highest BCUT2D eigenvalue weighted by Crippen LogP contribution is 2.32. The lowest BCUT2D eigenvalue weighted by molar-refractivity contribution is 0.0634. The molecule has 0 aromatic carbocycles. The molecule has 2 heterocycles. The third-order valence-electron chi connectivity index (χ3n) is 3.59. The molecule has 1 amide bonds. The van der Waals surface area contributed by atoms with Crippen molar-refractivity contribution in [2.45, 2.75) is 51.7 Å². The Balaban J connectivity index is 2.15. The maximum Gasteiger partial charge on any atom is 0.413 e. The molecule has 2 rings (SSSR count). The first-order valence-corrected chi connectivity index (χ1v) is 7.52. The first kappa shape index (κ1) is 15.8. The van der Waals surface area contributed by atoms with Gasteiger partial charge >= 0.3 is 6.09 Å². The van der Waals surface area contributed by atoms with Crippen molar-refractivity contribution in [1.82, 2.24) is 9.88 Å². The highest BCUT2D eigenvalue weighted by Gasteiger charge is 2.25. The Morgan fingerprint density at radius 2 is 2.19 bits per heavy atom. The number of nitrogens with zero attached hydrogens (tertiary/aromatic N) is 2. The fraction of sp³-hybridized carbons (Fsp3) is 0.625. The van der Waals surface area contributed by atoms with Crippen LogP contribution in [0.5, 0.6) is 0 Å². The van der Waals surface area contributed by atoms with E-state index in [1.165, 1.54) is 12.8 Å². The molecule has 1 aliphatic heterocycles. The van der Waals surface area contributed by atoms with Gasteiger partial charge in [-0.25, -0.2) is 9.78 Å². The van der Waals surface area contributed by atoms with Crippen molar-refractivity contribution in [1.29, 1.82) is 0 Å². The van der Waals surface area contributed by atoms with Gasteiger partial charge in [0, 0.05) is 17.8 Å². The molecule has 0 unspecified atom stereocenters. The monoisotopic (exact) mass is 291 g/mol. The number of carbonyl (C=O) groups excluding carboxylic acids is 1. The van der Waals surface area contributed by atoms with E-state index in [1.54, 1.807) is 6.20 Å². The lowest BCUT2D eigenvalue weighted by Crippen LogP contribution is -2.31. The molecule has 1 fully saturated rings. The Bertz CT molecular complexity index is 497. The summed E-state index contributed by atoms with van der Waals surface area (Å²) in [4.78, 5) is 18.6. The molecule has 0 radical (unpaired) electrons. The largest absolute Gasteiger partial charge is 0.444 e. The van der Waals surface area contributed by atoms with Crippen LogP contribution in [0, 0.1) is 0 Å². The first-order chi connectivity index (χ1) is 9.87. The van der Waals surface area contributed by atoms with Gasteiger partial charge in [-0.15, -0.1) is 0 Å². The zero-order valence-corrected chi connectivity index (χ0v) is 13.3. The molecule has 1 atom stereocenters. The van der Waals surface area contributed by atoms with E-state index in [0.29, 0.717) is 11.9 Å². The molecule has 1 N–H and O–H groups in total. The van der Waals surface area contributed by atoms with E-state index in [9.17, 15) is 4.79 Å². The highest BCUT2D eigenvalue weighted by molar-refractivity contribution is 5.84. The van der Waals surface area contributed by atoms with Crippen molar-refractivity contribution >= 4 is 11.9 Å². The first-order valence-electron chi connectivity index (χ1n) is 7.52. The standard InChI is InChI=1S/C16H25N3O2/c1-16(2,3)21-15(20)18-14-12(8-7-10-17-14)13-9-5-6-11-19(13)4/h7-8,10,13H,5-6,9,11H2,1-4H3,(H,17,18,20)/t13-/m0/s1. The minimum Gasteiger partial charge on any atom is -0.444 e. The molecule has 1 aromatic heterocycles. The van der Waals surface area contributed by atoms with E-state index in [1.807, 2.05) is 32.9 Å². The number of amides is 1. The Labute approximate surface area is 126 Å². The zero-order chi connectivity index (χ0) is 15.5. The summed E-state index contributed by atoms with van der Waals surface area (Å²) in [7, 11) is 2.12. The summed E-state index contributed by atoms with van der Waals surface area (Å²) >= 11 is 0. The molecular weight excluding hydrogens is 266 g/mol. The van der Waals surface area contributed by atoms with Gasteiger partial charge in [0.25, 0.3) is 0 Å². The highest BCUT2D eigenvalue weighted by atomic mass is 16.6. The quantitative estimate of drug-likeness (QED) is 0.904. The summed E-state index contributed by atoms with van der Waals surface area (Å²) in [5.74, 6) is 0.602. The number of piperidine rings is 1. The lowest BCUT2D eigenvalue weighted by atomic mass is 9.96. The summed E-state index contributed by atoms with van der Waals surface area (Å²) in [6, 6.07) is 4.25. The zero-order valence-electron chi connectivity index (χ0n) is 13.3. The minimum atomic E-state index is -0.513. The predicted octanol–water partition coefficient (Wildman–Crippen LogP) is 3.59. The minimum absolute atomic E-state index is 0.303. The number of hydrogen-bond acceptors (Lipinski definition) is 4. The van der Waals surface area contributed by atoms with Crippen molar-refractivity contribution in [2.75, 3.05) is 18.9 Å². The summed E-state index contributed by atoms with van der Waals surface area (Å²) in [5.41, 5.74) is 0.547. The second-order valence-electron chi connectivity index (χ2n) is 6.56. The molecule has 0 spiro atoms. The van der Waals surface area contributed by atoms with Crippen LogP contribution < -0.4 is 5.32 Å². The molecule has 1 aliphatic rings. The van der Waals surface area contributed by atoms with Gasteiger partial charge < -0.3 is 4.74 Å². The average Bonchev–Trinajstić information content (AvgIpc) is 2.38. The van der Waals surface area contributed by atoms with Gasteiger partial charge in [0.1, 0.15) is 11.4 Å². The molecule has 21 heavy (non-hydrogen) atoms. The van der Waals surface area contributed by atoms with E-state index in [-0.39, 0.29) is 0 Å². The fourth-order valence-corrected chi connectivity index (χ4v) is 2.66. The lowest BCUT2D eigenvalue weighted by Gasteiger charge is -2.33. The third kappa shape index (κ3) is 4.43. The molecule has 5 heteroatoms. The number of ether oxygens (including phenoxy) is 1. The van der Waals surface area contributed by atoms with E-state index >= 15 is 0 Å². The van der Waals surface area contributed by atoms with E-state index < -0.39 is 11.7 Å². The second-order valence-corrected chi connectivity index (χ2v) is 6.56. The van der Waals surface area contributed by atoms with E-state index in [4.69, 9.17) is 4.74 Å².